The van der Waals surface area contributed by atoms with E-state index < -0.39 is 5.97 Å². The van der Waals surface area contributed by atoms with E-state index in [0.717, 1.165) is 0 Å². The second-order valence-corrected chi connectivity index (χ2v) is 4.67. The molecule has 2 nitrogen and oxygen atoms in total. The largest absolute Gasteiger partial charge is 0.481 e. The van der Waals surface area contributed by atoms with E-state index in [0.29, 0.717) is 24.8 Å². The Morgan fingerprint density at radius 1 is 1.35 bits per heavy atom. The van der Waals surface area contributed by atoms with Gasteiger partial charge in [-0.25, -0.2) is 4.39 Å². The third-order valence-electron chi connectivity index (χ3n) is 3.04. The van der Waals surface area contributed by atoms with Gasteiger partial charge in [-0.3, -0.25) is 4.79 Å². The lowest BCUT2D eigenvalue weighted by atomic mass is 9.90. The molecule has 0 radical (unpaired) electrons. The summed E-state index contributed by atoms with van der Waals surface area (Å²) in [5.41, 5.74) is 0.667. The van der Waals surface area contributed by atoms with E-state index in [1.165, 1.54) is 6.07 Å². The van der Waals surface area contributed by atoms with E-state index in [2.05, 4.69) is 0 Å². The van der Waals surface area contributed by atoms with Gasteiger partial charge in [0, 0.05) is 0 Å². The van der Waals surface area contributed by atoms with Crippen molar-refractivity contribution in [1.82, 2.24) is 0 Å². The first kappa shape index (κ1) is 13.7. The Morgan fingerprint density at radius 3 is 2.53 bits per heavy atom. The van der Waals surface area contributed by atoms with E-state index in [1.807, 2.05) is 13.8 Å². The molecule has 0 heterocycles. The van der Waals surface area contributed by atoms with E-state index in [1.54, 1.807) is 18.2 Å². The minimum Gasteiger partial charge on any atom is -0.481 e. The maximum atomic E-state index is 13.3. The molecule has 0 aliphatic heterocycles. The van der Waals surface area contributed by atoms with E-state index in [4.69, 9.17) is 5.11 Å². The highest BCUT2D eigenvalue weighted by molar-refractivity contribution is 5.70. The Labute approximate surface area is 101 Å². The summed E-state index contributed by atoms with van der Waals surface area (Å²) in [5, 5.41) is 9.02. The van der Waals surface area contributed by atoms with Gasteiger partial charge in [0.1, 0.15) is 5.82 Å². The monoisotopic (exact) mass is 238 g/mol. The molecule has 0 bridgehead atoms. The van der Waals surface area contributed by atoms with Crippen molar-refractivity contribution in [2.45, 2.75) is 33.1 Å². The van der Waals surface area contributed by atoms with Crippen LogP contribution in [0.1, 0.15) is 32.3 Å². The fourth-order valence-corrected chi connectivity index (χ4v) is 1.96. The molecule has 1 rings (SSSR count). The summed E-state index contributed by atoms with van der Waals surface area (Å²) in [7, 11) is 0. The minimum atomic E-state index is -0.756. The van der Waals surface area contributed by atoms with Gasteiger partial charge in [-0.2, -0.15) is 0 Å². The average molecular weight is 238 g/mol. The molecule has 1 N–H and O–H groups in total. The zero-order chi connectivity index (χ0) is 12.8. The number of carbonyl (C=O) groups is 1. The van der Waals surface area contributed by atoms with Crippen LogP contribution in [0.2, 0.25) is 0 Å². The number of hydrogen-bond acceptors (Lipinski definition) is 1. The highest BCUT2D eigenvalue weighted by atomic mass is 19.1. The summed E-state index contributed by atoms with van der Waals surface area (Å²) in [6, 6.07) is 6.65. The predicted molar refractivity (Wildman–Crippen MR) is 65.3 cm³/mol. The lowest BCUT2D eigenvalue weighted by Crippen LogP contribution is -2.19. The van der Waals surface area contributed by atoms with Crippen molar-refractivity contribution in [2.24, 2.45) is 11.8 Å². The van der Waals surface area contributed by atoms with Crippen LogP contribution < -0.4 is 0 Å². The van der Waals surface area contributed by atoms with Gasteiger partial charge in [-0.1, -0.05) is 32.0 Å². The lowest BCUT2D eigenvalue weighted by Gasteiger charge is -2.15. The fraction of sp³-hybridized carbons (Fsp3) is 0.500. The molecule has 1 aromatic carbocycles. The van der Waals surface area contributed by atoms with Crippen molar-refractivity contribution < 1.29 is 14.3 Å². The summed E-state index contributed by atoms with van der Waals surface area (Å²) >= 11 is 0. The molecule has 0 amide bonds. The molecular formula is C14H19FO2. The Morgan fingerprint density at radius 2 is 2.00 bits per heavy atom. The van der Waals surface area contributed by atoms with Crippen molar-refractivity contribution in [2.75, 3.05) is 0 Å². The van der Waals surface area contributed by atoms with Crippen LogP contribution in [0.3, 0.4) is 0 Å². The van der Waals surface area contributed by atoms with Crippen molar-refractivity contribution in [3.8, 4) is 0 Å². The van der Waals surface area contributed by atoms with E-state index >= 15 is 0 Å². The van der Waals surface area contributed by atoms with Crippen LogP contribution in [0.4, 0.5) is 4.39 Å². The van der Waals surface area contributed by atoms with E-state index in [-0.39, 0.29) is 17.7 Å². The molecule has 94 valence electrons. The second kappa shape index (κ2) is 6.38. The lowest BCUT2D eigenvalue weighted by molar-refractivity contribution is -0.143. The van der Waals surface area contributed by atoms with Gasteiger partial charge < -0.3 is 5.11 Å². The SMILES string of the molecule is CC(C)C(CCCc1ccccc1F)C(=O)O. The van der Waals surface area contributed by atoms with Gasteiger partial charge in [0.15, 0.2) is 0 Å². The molecule has 0 spiro atoms. The van der Waals surface area contributed by atoms with Crippen LogP contribution in [0, 0.1) is 17.7 Å². The van der Waals surface area contributed by atoms with Crippen molar-refractivity contribution >= 4 is 5.97 Å². The first-order valence-electron chi connectivity index (χ1n) is 5.98. The number of hydrogen-bond donors (Lipinski definition) is 1. The summed E-state index contributed by atoms with van der Waals surface area (Å²) in [4.78, 5) is 11.0. The van der Waals surface area contributed by atoms with Crippen LogP contribution in [0.5, 0.6) is 0 Å². The smallest absolute Gasteiger partial charge is 0.306 e. The molecule has 1 atom stereocenters. The van der Waals surface area contributed by atoms with Crippen molar-refractivity contribution in [3.63, 3.8) is 0 Å². The molecule has 1 aromatic rings. The molecular weight excluding hydrogens is 219 g/mol. The number of carboxylic acids is 1. The zero-order valence-corrected chi connectivity index (χ0v) is 10.3. The predicted octanol–water partition coefficient (Wildman–Crippen LogP) is 3.51. The van der Waals surface area contributed by atoms with Crippen LogP contribution in [0.25, 0.3) is 0 Å². The highest BCUT2D eigenvalue weighted by Gasteiger charge is 2.20. The van der Waals surface area contributed by atoms with Gasteiger partial charge in [-0.05, 0) is 36.8 Å². The number of benzene rings is 1. The number of carboxylic acid groups (broad SMARTS) is 1. The zero-order valence-electron chi connectivity index (χ0n) is 10.3. The molecule has 0 fully saturated rings. The molecule has 0 aliphatic rings. The number of halogens is 1. The molecule has 3 heteroatoms. The molecule has 0 aromatic heterocycles. The quantitative estimate of drug-likeness (QED) is 0.823. The third kappa shape index (κ3) is 4.17. The molecule has 1 unspecified atom stereocenters. The van der Waals surface area contributed by atoms with Gasteiger partial charge in [-0.15, -0.1) is 0 Å². The minimum absolute atomic E-state index is 0.119. The molecule has 0 aliphatic carbocycles. The molecule has 0 saturated carbocycles. The summed E-state index contributed by atoms with van der Waals surface area (Å²) < 4.78 is 13.3. The topological polar surface area (TPSA) is 37.3 Å². The Balaban J connectivity index is 2.47. The van der Waals surface area contributed by atoms with Crippen molar-refractivity contribution in [1.29, 1.82) is 0 Å². The third-order valence-corrected chi connectivity index (χ3v) is 3.04. The highest BCUT2D eigenvalue weighted by Crippen LogP contribution is 2.19. The maximum absolute atomic E-state index is 13.3. The summed E-state index contributed by atoms with van der Waals surface area (Å²) in [5.74, 6) is -1.17. The maximum Gasteiger partial charge on any atom is 0.306 e. The number of rotatable bonds is 6. The Hall–Kier alpha value is -1.38. The van der Waals surface area contributed by atoms with Gasteiger partial charge >= 0.3 is 5.97 Å². The Bertz CT molecular complexity index is 374. The van der Waals surface area contributed by atoms with Gasteiger partial charge in [0.2, 0.25) is 0 Å². The van der Waals surface area contributed by atoms with Gasteiger partial charge in [0.05, 0.1) is 5.92 Å². The van der Waals surface area contributed by atoms with Crippen LogP contribution in [-0.4, -0.2) is 11.1 Å². The second-order valence-electron chi connectivity index (χ2n) is 4.67. The standard InChI is InChI=1S/C14H19FO2/c1-10(2)12(14(16)17)8-5-7-11-6-3-4-9-13(11)15/h3-4,6,9-10,12H,5,7-8H2,1-2H3,(H,16,17). The van der Waals surface area contributed by atoms with Crippen LogP contribution in [-0.2, 0) is 11.2 Å². The normalized spacial score (nSPS) is 12.7. The number of aliphatic carboxylic acids is 1. The van der Waals surface area contributed by atoms with Crippen molar-refractivity contribution in [3.05, 3.63) is 35.6 Å². The van der Waals surface area contributed by atoms with Crippen LogP contribution in [0.15, 0.2) is 24.3 Å². The van der Waals surface area contributed by atoms with Crippen LogP contribution >= 0.6 is 0 Å². The average Bonchev–Trinajstić information content (AvgIpc) is 2.25. The summed E-state index contributed by atoms with van der Waals surface area (Å²) in [6.07, 6.45) is 1.90. The Kier molecular flexibility index (Phi) is 5.13. The first-order chi connectivity index (χ1) is 8.02. The fourth-order valence-electron chi connectivity index (χ4n) is 1.96. The molecule has 0 saturated heterocycles. The van der Waals surface area contributed by atoms with E-state index in [9.17, 15) is 9.18 Å². The molecule has 17 heavy (non-hydrogen) atoms. The first-order valence-corrected chi connectivity index (χ1v) is 5.98. The summed E-state index contributed by atoms with van der Waals surface area (Å²) in [6.45, 7) is 3.81. The number of aryl methyl sites for hydroxylation is 1. The van der Waals surface area contributed by atoms with Gasteiger partial charge in [0.25, 0.3) is 0 Å².